The molecule has 1 unspecified atom stereocenters. The van der Waals surface area contributed by atoms with Crippen LogP contribution in [0.1, 0.15) is 61.9 Å². The number of rotatable bonds is 10. The fourth-order valence-electron chi connectivity index (χ4n) is 2.49. The number of unbranched alkanes of at least 4 members (excludes halogenated alkanes) is 1. The van der Waals surface area contributed by atoms with Gasteiger partial charge in [-0.2, -0.15) is 0 Å². The van der Waals surface area contributed by atoms with Gasteiger partial charge in [0.05, 0.1) is 24.7 Å². The van der Waals surface area contributed by atoms with Gasteiger partial charge in [-0.25, -0.2) is 0 Å². The van der Waals surface area contributed by atoms with Crippen LogP contribution < -0.4 is 0 Å². The molecule has 0 amide bonds. The van der Waals surface area contributed by atoms with E-state index in [2.05, 4.69) is 0 Å². The molecule has 134 valence electrons. The van der Waals surface area contributed by atoms with Crippen LogP contribution in [0, 0.1) is 0 Å². The van der Waals surface area contributed by atoms with Gasteiger partial charge in [0.1, 0.15) is 11.5 Å². The summed E-state index contributed by atoms with van der Waals surface area (Å²) in [7, 11) is 0. The van der Waals surface area contributed by atoms with E-state index in [0.29, 0.717) is 25.7 Å². The molecule has 1 rings (SSSR count). The van der Waals surface area contributed by atoms with Gasteiger partial charge in [-0.15, -0.1) is 0 Å². The van der Waals surface area contributed by atoms with E-state index in [0.717, 1.165) is 6.07 Å². The first kappa shape index (κ1) is 20.0. The number of phenols is 2. The highest BCUT2D eigenvalue weighted by Crippen LogP contribution is 2.29. The number of hydrogen-bond donors (Lipinski definition) is 3. The maximum Gasteiger partial charge on any atom is 0.310 e. The second kappa shape index (κ2) is 9.93. The molecule has 0 aliphatic heterocycles. The van der Waals surface area contributed by atoms with Crippen LogP contribution in [-0.4, -0.2) is 39.8 Å². The predicted octanol–water partition coefficient (Wildman–Crippen LogP) is 2.72. The molecule has 0 aliphatic rings. The molecule has 6 heteroatoms. The lowest BCUT2D eigenvalue weighted by molar-refractivity contribution is -0.142. The first-order valence-electron chi connectivity index (χ1n) is 8.30. The van der Waals surface area contributed by atoms with Gasteiger partial charge >= 0.3 is 5.97 Å². The molecule has 6 nitrogen and oxygen atoms in total. The summed E-state index contributed by atoms with van der Waals surface area (Å²) in [6.45, 7) is 3.78. The third-order valence-corrected chi connectivity index (χ3v) is 3.77. The van der Waals surface area contributed by atoms with Crippen molar-refractivity contribution in [2.24, 2.45) is 0 Å². The molecule has 0 heterocycles. The Bertz CT molecular complexity index is 567. The first-order chi connectivity index (χ1) is 11.4. The van der Waals surface area contributed by atoms with Crippen molar-refractivity contribution in [1.82, 2.24) is 0 Å². The molecule has 1 aromatic rings. The SMILES string of the molecule is CCOC(=O)Cc1cc(O)cc(O)c1C(=O)CCCCC(O)CC. The number of Topliss-reactive ketones (excluding diaryl/α,β-unsaturated/α-hetero) is 1. The molecule has 0 fully saturated rings. The van der Waals surface area contributed by atoms with Gasteiger partial charge in [0.15, 0.2) is 5.78 Å². The van der Waals surface area contributed by atoms with Crippen LogP contribution in [0.15, 0.2) is 12.1 Å². The molecule has 0 aliphatic carbocycles. The number of carbonyl (C=O) groups excluding carboxylic acids is 2. The quantitative estimate of drug-likeness (QED) is 0.344. The van der Waals surface area contributed by atoms with Crippen molar-refractivity contribution < 1.29 is 29.6 Å². The monoisotopic (exact) mass is 338 g/mol. The fourth-order valence-corrected chi connectivity index (χ4v) is 2.49. The molecule has 0 bridgehead atoms. The lowest BCUT2D eigenvalue weighted by Gasteiger charge is -2.12. The van der Waals surface area contributed by atoms with Gasteiger partial charge in [-0.3, -0.25) is 9.59 Å². The van der Waals surface area contributed by atoms with Crippen molar-refractivity contribution in [3.8, 4) is 11.5 Å². The topological polar surface area (TPSA) is 104 Å². The maximum atomic E-state index is 12.4. The number of carbonyl (C=O) groups is 2. The lowest BCUT2D eigenvalue weighted by Crippen LogP contribution is -2.12. The van der Waals surface area contributed by atoms with E-state index >= 15 is 0 Å². The van der Waals surface area contributed by atoms with Gasteiger partial charge in [0.25, 0.3) is 0 Å². The second-order valence-electron chi connectivity index (χ2n) is 5.71. The smallest absolute Gasteiger partial charge is 0.310 e. The van der Waals surface area contributed by atoms with Crippen LogP contribution in [0.25, 0.3) is 0 Å². The molecule has 0 saturated heterocycles. The van der Waals surface area contributed by atoms with Crippen LogP contribution in [0.4, 0.5) is 0 Å². The molecule has 1 aromatic carbocycles. The second-order valence-corrected chi connectivity index (χ2v) is 5.71. The van der Waals surface area contributed by atoms with Crippen molar-refractivity contribution in [3.05, 3.63) is 23.3 Å². The Kier molecular flexibility index (Phi) is 8.26. The van der Waals surface area contributed by atoms with E-state index in [1.165, 1.54) is 6.07 Å². The molecule has 0 aromatic heterocycles. The Morgan fingerprint density at radius 1 is 1.17 bits per heavy atom. The molecule has 0 radical (unpaired) electrons. The number of esters is 1. The van der Waals surface area contributed by atoms with Gasteiger partial charge in [-0.05, 0) is 37.8 Å². The van der Waals surface area contributed by atoms with Gasteiger partial charge in [-0.1, -0.05) is 13.3 Å². The number of ether oxygens (including phenoxy) is 1. The Morgan fingerprint density at radius 2 is 1.88 bits per heavy atom. The van der Waals surface area contributed by atoms with Gasteiger partial charge in [0, 0.05) is 12.5 Å². The zero-order chi connectivity index (χ0) is 18.1. The van der Waals surface area contributed by atoms with E-state index in [1.54, 1.807) is 6.92 Å². The summed E-state index contributed by atoms with van der Waals surface area (Å²) < 4.78 is 4.86. The van der Waals surface area contributed by atoms with Crippen molar-refractivity contribution in [2.75, 3.05) is 6.61 Å². The van der Waals surface area contributed by atoms with E-state index < -0.39 is 5.97 Å². The largest absolute Gasteiger partial charge is 0.508 e. The average Bonchev–Trinajstić information content (AvgIpc) is 2.50. The molecular formula is C18H26O6. The van der Waals surface area contributed by atoms with Crippen molar-refractivity contribution in [3.63, 3.8) is 0 Å². The summed E-state index contributed by atoms with van der Waals surface area (Å²) >= 11 is 0. The maximum absolute atomic E-state index is 12.4. The van der Waals surface area contributed by atoms with Crippen molar-refractivity contribution >= 4 is 11.8 Å². The molecule has 24 heavy (non-hydrogen) atoms. The van der Waals surface area contributed by atoms with Crippen LogP contribution in [-0.2, 0) is 16.0 Å². The van der Waals surface area contributed by atoms with Crippen LogP contribution in [0.3, 0.4) is 0 Å². The highest BCUT2D eigenvalue weighted by molar-refractivity contribution is 6.01. The van der Waals surface area contributed by atoms with E-state index in [4.69, 9.17) is 4.74 Å². The number of phenolic OH excluding ortho intramolecular Hbond substituents is 2. The standard InChI is InChI=1S/C18H26O6/c1-3-13(19)7-5-6-8-15(21)18-12(10-17(23)24-4-2)9-14(20)11-16(18)22/h9,11,13,19-20,22H,3-8,10H2,1-2H3. The Hall–Kier alpha value is -2.08. The fraction of sp³-hybridized carbons (Fsp3) is 0.556. The first-order valence-corrected chi connectivity index (χ1v) is 8.30. The van der Waals surface area contributed by atoms with Crippen molar-refractivity contribution in [2.45, 2.75) is 58.5 Å². The van der Waals surface area contributed by atoms with Crippen LogP contribution in [0.5, 0.6) is 11.5 Å². The number of aliphatic hydroxyl groups excluding tert-OH is 1. The summed E-state index contributed by atoms with van der Waals surface area (Å²) in [5.74, 6) is -1.37. The lowest BCUT2D eigenvalue weighted by atomic mass is 9.96. The summed E-state index contributed by atoms with van der Waals surface area (Å²) in [6, 6.07) is 2.38. The van der Waals surface area contributed by atoms with Crippen LogP contribution >= 0.6 is 0 Å². The Morgan fingerprint density at radius 3 is 2.50 bits per heavy atom. The summed E-state index contributed by atoms with van der Waals surface area (Å²) in [6.07, 6.45) is 2.23. The number of benzene rings is 1. The average molecular weight is 338 g/mol. The summed E-state index contributed by atoms with van der Waals surface area (Å²) in [5, 5.41) is 29.1. The molecule has 3 N–H and O–H groups in total. The van der Waals surface area contributed by atoms with Gasteiger partial charge in [0.2, 0.25) is 0 Å². The third-order valence-electron chi connectivity index (χ3n) is 3.77. The summed E-state index contributed by atoms with van der Waals surface area (Å²) in [4.78, 5) is 24.0. The van der Waals surface area contributed by atoms with Crippen LogP contribution in [0.2, 0.25) is 0 Å². The zero-order valence-corrected chi connectivity index (χ0v) is 14.2. The van der Waals surface area contributed by atoms with Crippen molar-refractivity contribution in [1.29, 1.82) is 0 Å². The van der Waals surface area contributed by atoms with Gasteiger partial charge < -0.3 is 20.1 Å². The predicted molar refractivity (Wildman–Crippen MR) is 89.2 cm³/mol. The number of hydrogen-bond acceptors (Lipinski definition) is 6. The van der Waals surface area contributed by atoms with E-state index in [9.17, 15) is 24.9 Å². The number of ketones is 1. The van der Waals surface area contributed by atoms with E-state index in [-0.39, 0.29) is 54.0 Å². The van der Waals surface area contributed by atoms with E-state index in [1.807, 2.05) is 6.92 Å². The zero-order valence-electron chi connectivity index (χ0n) is 14.2. The number of aromatic hydroxyl groups is 2. The Balaban J connectivity index is 2.80. The minimum atomic E-state index is -0.525. The molecular weight excluding hydrogens is 312 g/mol. The normalized spacial score (nSPS) is 12.0. The minimum absolute atomic E-state index is 0.0527. The molecule has 1 atom stereocenters. The molecule has 0 spiro atoms. The highest BCUT2D eigenvalue weighted by Gasteiger charge is 2.20. The Labute approximate surface area is 142 Å². The third kappa shape index (κ3) is 6.20. The minimum Gasteiger partial charge on any atom is -0.508 e. The summed E-state index contributed by atoms with van der Waals surface area (Å²) in [5.41, 5.74) is 0.307. The molecule has 0 saturated carbocycles. The number of aliphatic hydroxyl groups is 1. The highest BCUT2D eigenvalue weighted by atomic mass is 16.5.